The predicted octanol–water partition coefficient (Wildman–Crippen LogP) is 1.82. The maximum absolute atomic E-state index is 12.5. The maximum Gasteiger partial charge on any atom is 0.264 e. The Kier molecular flexibility index (Phi) is 5.64. The number of hydrogen-bond acceptors (Lipinski definition) is 7. The first-order chi connectivity index (χ1) is 12.4. The minimum atomic E-state index is -3.53. The van der Waals surface area contributed by atoms with Gasteiger partial charge in [-0.2, -0.15) is 8.42 Å². The van der Waals surface area contributed by atoms with Crippen LogP contribution >= 0.6 is 0 Å². The Morgan fingerprint density at radius 1 is 1.15 bits per heavy atom. The van der Waals surface area contributed by atoms with E-state index in [0.29, 0.717) is 49.2 Å². The van der Waals surface area contributed by atoms with Gasteiger partial charge in [0.1, 0.15) is 0 Å². The molecule has 0 spiro atoms. The van der Waals surface area contributed by atoms with Crippen molar-refractivity contribution in [2.24, 2.45) is 0 Å². The molecule has 0 bridgehead atoms. The average Bonchev–Trinajstić information content (AvgIpc) is 3.17. The number of hydrogen-bond donors (Lipinski definition) is 1. The second-order valence-electron chi connectivity index (χ2n) is 6.37. The third kappa shape index (κ3) is 4.25. The van der Waals surface area contributed by atoms with Gasteiger partial charge in [0.05, 0.1) is 12.9 Å². The van der Waals surface area contributed by atoms with Gasteiger partial charge in [0, 0.05) is 18.6 Å². The first kappa shape index (κ1) is 18.9. The zero-order valence-electron chi connectivity index (χ0n) is 14.6. The van der Waals surface area contributed by atoms with Gasteiger partial charge in [0.2, 0.25) is 6.79 Å². The molecule has 1 aromatic carbocycles. The lowest BCUT2D eigenvalue weighted by Crippen LogP contribution is -2.08. The molecule has 1 aliphatic heterocycles. The molecule has 8 heteroatoms. The summed E-state index contributed by atoms with van der Waals surface area (Å²) in [6, 6.07) is 3.57. The van der Waals surface area contributed by atoms with E-state index in [2.05, 4.69) is 0 Å². The van der Waals surface area contributed by atoms with Crippen LogP contribution in [-0.2, 0) is 25.5 Å². The number of allylic oxidation sites excluding steroid dienone is 2. The topological polar surface area (TPSA) is 99.1 Å². The molecule has 1 aromatic rings. The monoisotopic (exact) mass is 382 g/mol. The molecular formula is C18H22O7S. The molecule has 3 rings (SSSR count). The van der Waals surface area contributed by atoms with E-state index < -0.39 is 10.1 Å². The molecule has 7 nitrogen and oxygen atoms in total. The van der Waals surface area contributed by atoms with Gasteiger partial charge in [0.15, 0.2) is 17.3 Å². The second-order valence-corrected chi connectivity index (χ2v) is 8.01. The molecule has 0 unspecified atom stereocenters. The van der Waals surface area contributed by atoms with Crippen molar-refractivity contribution in [2.75, 3.05) is 26.3 Å². The van der Waals surface area contributed by atoms with Crippen molar-refractivity contribution < 1.29 is 32.0 Å². The van der Waals surface area contributed by atoms with Crippen LogP contribution in [0.3, 0.4) is 0 Å². The molecule has 1 heterocycles. The van der Waals surface area contributed by atoms with E-state index in [0.717, 1.165) is 23.0 Å². The SMILES string of the molecule is CS(=O)(=O)OCCc1cc2c(cc1C1=C(CCCO)CCC1=O)OCO2. The summed E-state index contributed by atoms with van der Waals surface area (Å²) in [6.45, 7) is 0.169. The zero-order chi connectivity index (χ0) is 18.7. The molecule has 0 aromatic heterocycles. The summed E-state index contributed by atoms with van der Waals surface area (Å²) in [5.41, 5.74) is 3.20. The standard InChI is InChI=1S/C18H22O7S/c1-26(21,22)25-8-6-13-9-16-17(24-11-23-16)10-14(13)18-12(3-2-7-19)4-5-15(18)20/h9-10,19H,2-8,11H2,1H3. The van der Waals surface area contributed by atoms with Gasteiger partial charge >= 0.3 is 0 Å². The van der Waals surface area contributed by atoms with Crippen molar-refractivity contribution >= 4 is 21.5 Å². The quantitative estimate of drug-likeness (QED) is 0.685. The molecule has 2 aliphatic rings. The summed E-state index contributed by atoms with van der Waals surface area (Å²) >= 11 is 0. The fourth-order valence-corrected chi connectivity index (χ4v) is 3.71. The van der Waals surface area contributed by atoms with Crippen LogP contribution in [-0.4, -0.2) is 45.6 Å². The van der Waals surface area contributed by atoms with E-state index in [4.69, 9.17) is 18.8 Å². The summed E-state index contributed by atoms with van der Waals surface area (Å²) < 4.78 is 38.1. The van der Waals surface area contributed by atoms with E-state index in [-0.39, 0.29) is 25.8 Å². The number of aliphatic hydroxyl groups is 1. The summed E-state index contributed by atoms with van der Waals surface area (Å²) in [7, 11) is -3.53. The molecule has 1 N–H and O–H groups in total. The molecule has 1 aliphatic carbocycles. The third-order valence-electron chi connectivity index (χ3n) is 4.46. The van der Waals surface area contributed by atoms with Crippen LogP contribution in [0.2, 0.25) is 0 Å². The van der Waals surface area contributed by atoms with Gasteiger partial charge in [-0.05, 0) is 48.9 Å². The van der Waals surface area contributed by atoms with Crippen molar-refractivity contribution in [1.29, 1.82) is 0 Å². The Balaban J connectivity index is 1.97. The molecule has 26 heavy (non-hydrogen) atoms. The smallest absolute Gasteiger partial charge is 0.264 e. The Morgan fingerprint density at radius 3 is 2.58 bits per heavy atom. The molecule has 142 valence electrons. The predicted molar refractivity (Wildman–Crippen MR) is 94.5 cm³/mol. The van der Waals surface area contributed by atoms with Crippen LogP contribution in [0.15, 0.2) is 17.7 Å². The Hall–Kier alpha value is -1.90. The minimum Gasteiger partial charge on any atom is -0.454 e. The molecule has 0 saturated carbocycles. The van der Waals surface area contributed by atoms with Gasteiger partial charge in [0.25, 0.3) is 10.1 Å². The van der Waals surface area contributed by atoms with Crippen LogP contribution < -0.4 is 9.47 Å². The number of rotatable bonds is 8. The highest BCUT2D eigenvalue weighted by Crippen LogP contribution is 2.41. The summed E-state index contributed by atoms with van der Waals surface area (Å²) in [4.78, 5) is 12.5. The largest absolute Gasteiger partial charge is 0.454 e. The van der Waals surface area contributed by atoms with Crippen LogP contribution in [0.1, 0.15) is 36.8 Å². The van der Waals surface area contributed by atoms with Gasteiger partial charge < -0.3 is 14.6 Å². The summed E-state index contributed by atoms with van der Waals surface area (Å²) in [5.74, 6) is 1.20. The van der Waals surface area contributed by atoms with E-state index in [1.165, 1.54) is 0 Å². The fourth-order valence-electron chi connectivity index (χ4n) is 3.32. The van der Waals surface area contributed by atoms with Crippen molar-refractivity contribution in [3.8, 4) is 11.5 Å². The highest BCUT2D eigenvalue weighted by molar-refractivity contribution is 7.85. The van der Waals surface area contributed by atoms with Crippen LogP contribution in [0, 0.1) is 0 Å². The number of fused-ring (bicyclic) bond motifs is 1. The number of Topliss-reactive ketones (excluding diaryl/α,β-unsaturated/α-hetero) is 1. The first-order valence-corrected chi connectivity index (χ1v) is 10.3. The van der Waals surface area contributed by atoms with Gasteiger partial charge in [-0.1, -0.05) is 5.57 Å². The fraction of sp³-hybridized carbons (Fsp3) is 0.500. The minimum absolute atomic E-state index is 0.0150. The number of carbonyl (C=O) groups is 1. The molecule has 0 amide bonds. The van der Waals surface area contributed by atoms with Gasteiger partial charge in [-0.15, -0.1) is 0 Å². The highest BCUT2D eigenvalue weighted by atomic mass is 32.2. The molecule has 0 atom stereocenters. The van der Waals surface area contributed by atoms with E-state index >= 15 is 0 Å². The lowest BCUT2D eigenvalue weighted by atomic mass is 9.92. The molecule has 0 radical (unpaired) electrons. The number of aliphatic hydroxyl groups excluding tert-OH is 1. The summed E-state index contributed by atoms with van der Waals surface area (Å²) in [6.07, 6.45) is 3.72. The maximum atomic E-state index is 12.5. The first-order valence-electron chi connectivity index (χ1n) is 8.52. The number of benzene rings is 1. The average molecular weight is 382 g/mol. The van der Waals surface area contributed by atoms with Gasteiger partial charge in [-0.25, -0.2) is 0 Å². The van der Waals surface area contributed by atoms with Crippen LogP contribution in [0.4, 0.5) is 0 Å². The van der Waals surface area contributed by atoms with Crippen LogP contribution in [0.5, 0.6) is 11.5 Å². The molecular weight excluding hydrogens is 360 g/mol. The van der Waals surface area contributed by atoms with E-state index in [1.807, 2.05) is 0 Å². The zero-order valence-corrected chi connectivity index (χ0v) is 15.4. The second kappa shape index (κ2) is 7.77. The Bertz CT molecular complexity index is 839. The van der Waals surface area contributed by atoms with E-state index in [1.54, 1.807) is 12.1 Å². The highest BCUT2D eigenvalue weighted by Gasteiger charge is 2.28. The summed E-state index contributed by atoms with van der Waals surface area (Å²) in [5, 5.41) is 9.11. The van der Waals surface area contributed by atoms with Crippen molar-refractivity contribution in [1.82, 2.24) is 0 Å². The van der Waals surface area contributed by atoms with Crippen LogP contribution in [0.25, 0.3) is 5.57 Å². The number of ether oxygens (including phenoxy) is 2. The van der Waals surface area contributed by atoms with Crippen molar-refractivity contribution in [2.45, 2.75) is 32.1 Å². The molecule has 0 saturated heterocycles. The normalized spacial score (nSPS) is 16.6. The van der Waals surface area contributed by atoms with Crippen molar-refractivity contribution in [3.05, 3.63) is 28.8 Å². The number of carbonyl (C=O) groups excluding carboxylic acids is 1. The Labute approximate surface area is 152 Å². The lowest BCUT2D eigenvalue weighted by Gasteiger charge is -2.14. The number of ketones is 1. The van der Waals surface area contributed by atoms with Crippen molar-refractivity contribution in [3.63, 3.8) is 0 Å². The third-order valence-corrected chi connectivity index (χ3v) is 5.05. The molecule has 0 fully saturated rings. The lowest BCUT2D eigenvalue weighted by molar-refractivity contribution is -0.113. The Morgan fingerprint density at radius 2 is 1.88 bits per heavy atom. The van der Waals surface area contributed by atoms with E-state index in [9.17, 15) is 13.2 Å². The van der Waals surface area contributed by atoms with Gasteiger partial charge in [-0.3, -0.25) is 8.98 Å².